The lowest BCUT2D eigenvalue weighted by atomic mass is 9.84. The van der Waals surface area contributed by atoms with E-state index in [0.29, 0.717) is 11.8 Å². The highest BCUT2D eigenvalue weighted by Crippen LogP contribution is 2.49. The SMILES string of the molecule is CCCC(CC)c1ccc(N(c2ccc(C)cc2)c2ccc3c(-c4ccccc4)c4cc(N(c5ccc(C)cc5)c5ccc(C6CCCCC6)cc5)ccc4c(-c4ccccc4)c3c2)cc1. The number of aryl methyl sites for hydroxylation is 2. The molecular weight excluding hydrogens is 797 g/mol. The van der Waals surface area contributed by atoms with Crippen molar-refractivity contribution in [1.29, 1.82) is 0 Å². The van der Waals surface area contributed by atoms with Crippen LogP contribution in [-0.4, -0.2) is 0 Å². The minimum Gasteiger partial charge on any atom is -0.310 e. The summed E-state index contributed by atoms with van der Waals surface area (Å²) >= 11 is 0. The topological polar surface area (TPSA) is 6.48 Å². The lowest BCUT2D eigenvalue weighted by Gasteiger charge is -2.29. The summed E-state index contributed by atoms with van der Waals surface area (Å²) in [6.07, 6.45) is 10.2. The van der Waals surface area contributed by atoms with Crippen LogP contribution in [0.15, 0.2) is 194 Å². The van der Waals surface area contributed by atoms with E-state index in [-0.39, 0.29) is 0 Å². The van der Waals surface area contributed by atoms with Gasteiger partial charge >= 0.3 is 0 Å². The van der Waals surface area contributed by atoms with Crippen molar-refractivity contribution in [3.63, 3.8) is 0 Å². The fourth-order valence-electron chi connectivity index (χ4n) is 10.8. The highest BCUT2D eigenvalue weighted by molar-refractivity contribution is 6.22. The number of rotatable bonds is 13. The van der Waals surface area contributed by atoms with E-state index < -0.39 is 0 Å². The standard InChI is InChI=1S/C64H62N2/c1-5-16-47(6-2)49-27-35-55(36-28-49)65(53-31-23-45(3)24-32-53)57-39-41-59-61(43-57)63(51-19-12-8-13-20-51)60-42-40-58(44-62(60)64(59)52-21-14-9-15-22-52)66(54-33-25-46(4)26-34-54)56-37-29-50(30-38-56)48-17-10-7-11-18-48/h8-9,12-15,19-44,47-48H,5-7,10-11,16-18H2,1-4H3. The molecule has 0 heterocycles. The first-order valence-electron chi connectivity index (χ1n) is 24.5. The van der Waals surface area contributed by atoms with Crippen LogP contribution < -0.4 is 9.80 Å². The van der Waals surface area contributed by atoms with Gasteiger partial charge in [-0.15, -0.1) is 0 Å². The van der Waals surface area contributed by atoms with Crippen LogP contribution in [-0.2, 0) is 0 Å². The maximum atomic E-state index is 2.45. The molecule has 0 amide bonds. The van der Waals surface area contributed by atoms with Crippen molar-refractivity contribution in [2.24, 2.45) is 0 Å². The van der Waals surface area contributed by atoms with E-state index >= 15 is 0 Å². The van der Waals surface area contributed by atoms with E-state index in [2.05, 4.69) is 232 Å². The lowest BCUT2D eigenvalue weighted by molar-refractivity contribution is 0.443. The molecule has 10 rings (SSSR count). The van der Waals surface area contributed by atoms with E-state index in [4.69, 9.17) is 0 Å². The second-order valence-electron chi connectivity index (χ2n) is 18.7. The summed E-state index contributed by atoms with van der Waals surface area (Å²) < 4.78 is 0. The van der Waals surface area contributed by atoms with Crippen LogP contribution in [0, 0.1) is 13.8 Å². The molecule has 9 aromatic carbocycles. The quantitative estimate of drug-likeness (QED) is 0.107. The Bertz CT molecular complexity index is 2840. The normalized spacial score (nSPS) is 13.5. The fraction of sp³-hybridized carbons (Fsp3) is 0.219. The maximum Gasteiger partial charge on any atom is 0.0468 e. The molecule has 1 atom stereocenters. The first kappa shape index (κ1) is 43.0. The van der Waals surface area contributed by atoms with E-state index in [1.165, 1.54) is 117 Å². The lowest BCUT2D eigenvalue weighted by Crippen LogP contribution is -2.11. The predicted octanol–water partition coefficient (Wildman–Crippen LogP) is 19.2. The monoisotopic (exact) mass is 858 g/mol. The summed E-state index contributed by atoms with van der Waals surface area (Å²) in [4.78, 5) is 4.89. The number of hydrogen-bond donors (Lipinski definition) is 0. The Morgan fingerprint density at radius 3 is 1.26 bits per heavy atom. The summed E-state index contributed by atoms with van der Waals surface area (Å²) in [5, 5.41) is 4.93. The molecule has 1 unspecified atom stereocenters. The zero-order valence-corrected chi connectivity index (χ0v) is 39.2. The minimum absolute atomic E-state index is 0.576. The van der Waals surface area contributed by atoms with Crippen molar-refractivity contribution < 1.29 is 0 Å². The number of hydrogen-bond acceptors (Lipinski definition) is 2. The number of fused-ring (bicyclic) bond motifs is 2. The molecular formula is C64H62N2. The molecule has 9 aromatic rings. The maximum absolute atomic E-state index is 2.45. The van der Waals surface area contributed by atoms with Crippen molar-refractivity contribution in [3.05, 3.63) is 216 Å². The average molecular weight is 859 g/mol. The molecule has 2 heteroatoms. The third-order valence-corrected chi connectivity index (χ3v) is 14.3. The zero-order chi connectivity index (χ0) is 45.0. The molecule has 0 spiro atoms. The Balaban J connectivity index is 1.20. The van der Waals surface area contributed by atoms with Crippen LogP contribution in [0.4, 0.5) is 34.1 Å². The molecule has 1 fully saturated rings. The summed E-state index contributed by atoms with van der Waals surface area (Å²) in [6, 6.07) is 73.3. The Hall–Kier alpha value is -6.90. The summed E-state index contributed by atoms with van der Waals surface area (Å²) in [6.45, 7) is 8.94. The third-order valence-electron chi connectivity index (χ3n) is 14.3. The van der Waals surface area contributed by atoms with E-state index in [9.17, 15) is 0 Å². The van der Waals surface area contributed by atoms with Crippen LogP contribution in [0.3, 0.4) is 0 Å². The number of nitrogens with zero attached hydrogens (tertiary/aromatic N) is 2. The van der Waals surface area contributed by atoms with Gasteiger partial charge in [0.15, 0.2) is 0 Å². The highest BCUT2D eigenvalue weighted by Gasteiger charge is 2.23. The van der Waals surface area contributed by atoms with E-state index in [1.807, 2.05) is 0 Å². The molecule has 0 saturated heterocycles. The number of anilines is 6. The molecule has 66 heavy (non-hydrogen) atoms. The van der Waals surface area contributed by atoms with Gasteiger partial charge < -0.3 is 9.80 Å². The van der Waals surface area contributed by atoms with Crippen LogP contribution in [0.2, 0.25) is 0 Å². The molecule has 0 bridgehead atoms. The molecule has 0 radical (unpaired) electrons. The van der Waals surface area contributed by atoms with Gasteiger partial charge in [0, 0.05) is 34.1 Å². The second-order valence-corrected chi connectivity index (χ2v) is 18.7. The molecule has 1 saturated carbocycles. The molecule has 0 aliphatic heterocycles. The number of benzene rings is 9. The largest absolute Gasteiger partial charge is 0.310 e. The van der Waals surface area contributed by atoms with Gasteiger partial charge in [-0.25, -0.2) is 0 Å². The first-order valence-corrected chi connectivity index (χ1v) is 24.5. The van der Waals surface area contributed by atoms with Crippen molar-refractivity contribution in [3.8, 4) is 22.3 Å². The summed E-state index contributed by atoms with van der Waals surface area (Å²) in [7, 11) is 0. The smallest absolute Gasteiger partial charge is 0.0468 e. The van der Waals surface area contributed by atoms with Gasteiger partial charge in [0.25, 0.3) is 0 Å². The van der Waals surface area contributed by atoms with Crippen molar-refractivity contribution >= 4 is 55.7 Å². The summed E-state index contributed by atoms with van der Waals surface area (Å²) in [5.41, 5.74) is 17.2. The summed E-state index contributed by atoms with van der Waals surface area (Å²) in [5.74, 6) is 1.24. The van der Waals surface area contributed by atoms with E-state index in [1.54, 1.807) is 0 Å². The second kappa shape index (κ2) is 19.3. The van der Waals surface area contributed by atoms with Gasteiger partial charge in [-0.3, -0.25) is 0 Å². The van der Waals surface area contributed by atoms with Crippen molar-refractivity contribution in [2.75, 3.05) is 9.80 Å². The minimum atomic E-state index is 0.576. The van der Waals surface area contributed by atoms with Gasteiger partial charge in [-0.2, -0.15) is 0 Å². The van der Waals surface area contributed by atoms with Crippen LogP contribution in [0.1, 0.15) is 99.3 Å². The molecule has 2 nitrogen and oxygen atoms in total. The molecule has 328 valence electrons. The fourth-order valence-corrected chi connectivity index (χ4v) is 10.8. The molecule has 1 aliphatic rings. The Morgan fingerprint density at radius 2 is 0.833 bits per heavy atom. The molecule has 0 aromatic heterocycles. The molecule has 0 N–H and O–H groups in total. The van der Waals surface area contributed by atoms with Crippen LogP contribution in [0.25, 0.3) is 43.8 Å². The Morgan fingerprint density at radius 1 is 0.424 bits per heavy atom. The van der Waals surface area contributed by atoms with Gasteiger partial charge in [0.05, 0.1) is 0 Å². The Labute approximate surface area is 393 Å². The van der Waals surface area contributed by atoms with Crippen LogP contribution in [0.5, 0.6) is 0 Å². The van der Waals surface area contributed by atoms with Crippen molar-refractivity contribution in [2.45, 2.75) is 90.9 Å². The predicted molar refractivity (Wildman–Crippen MR) is 285 cm³/mol. The van der Waals surface area contributed by atoms with Crippen molar-refractivity contribution in [1.82, 2.24) is 0 Å². The van der Waals surface area contributed by atoms with Gasteiger partial charge in [-0.05, 0) is 179 Å². The van der Waals surface area contributed by atoms with Gasteiger partial charge in [-0.1, -0.05) is 172 Å². The first-order chi connectivity index (χ1) is 32.5. The third kappa shape index (κ3) is 8.65. The average Bonchev–Trinajstić information content (AvgIpc) is 3.37. The van der Waals surface area contributed by atoms with Gasteiger partial charge in [0.2, 0.25) is 0 Å². The van der Waals surface area contributed by atoms with E-state index in [0.717, 1.165) is 34.9 Å². The van der Waals surface area contributed by atoms with Gasteiger partial charge in [0.1, 0.15) is 0 Å². The molecule has 1 aliphatic carbocycles. The highest BCUT2D eigenvalue weighted by atomic mass is 15.1. The Kier molecular flexibility index (Phi) is 12.6. The zero-order valence-electron chi connectivity index (χ0n) is 39.2. The van der Waals surface area contributed by atoms with Crippen LogP contribution >= 0.6 is 0 Å².